The molecule has 0 saturated heterocycles. The number of hydrogen-bond donors (Lipinski definition) is 1. The van der Waals surface area contributed by atoms with Gasteiger partial charge in [-0.05, 0) is 6.42 Å². The summed E-state index contributed by atoms with van der Waals surface area (Å²) in [5.74, 6) is 0.606. The minimum absolute atomic E-state index is 0.269. The molecule has 0 radical (unpaired) electrons. The molecule has 0 atom stereocenters. The molecule has 0 heterocycles. The third kappa shape index (κ3) is 8.25. The smallest absolute Gasteiger partial charge is 0.151 e. The van der Waals surface area contributed by atoms with E-state index in [2.05, 4.69) is 5.32 Å². The Balaban J connectivity index is 3.64. The Bertz CT molecular complexity index is 210. The number of nitrogens with one attached hydrogen (secondary N) is 1. The lowest BCUT2D eigenvalue weighted by atomic mass is 10.4. The van der Waals surface area contributed by atoms with Crippen LogP contribution in [-0.2, 0) is 9.84 Å². The molecule has 0 aromatic carbocycles. The molecule has 0 amide bonds. The minimum Gasteiger partial charge on any atom is -0.314 e. The molecule has 3 nitrogen and oxygen atoms in total. The van der Waals surface area contributed by atoms with Crippen LogP contribution in [-0.4, -0.2) is 32.5 Å². The van der Waals surface area contributed by atoms with Gasteiger partial charge in [0.1, 0.15) is 0 Å². The van der Waals surface area contributed by atoms with E-state index < -0.39 is 9.84 Å². The van der Waals surface area contributed by atoms with Gasteiger partial charge in [-0.3, -0.25) is 0 Å². The van der Waals surface area contributed by atoms with Gasteiger partial charge < -0.3 is 5.32 Å². The van der Waals surface area contributed by atoms with Crippen molar-refractivity contribution in [2.75, 3.05) is 18.1 Å². The SMILES string of the molecule is CCCCS(=O)(=O)CCNC(C)C. The first-order valence-electron chi connectivity index (χ1n) is 4.91. The lowest BCUT2D eigenvalue weighted by Gasteiger charge is -2.07. The van der Waals surface area contributed by atoms with E-state index in [0.717, 1.165) is 12.8 Å². The number of rotatable bonds is 7. The van der Waals surface area contributed by atoms with Crippen molar-refractivity contribution < 1.29 is 8.42 Å². The average molecular weight is 207 g/mol. The first-order valence-corrected chi connectivity index (χ1v) is 6.74. The third-order valence-electron chi connectivity index (χ3n) is 1.77. The molecule has 13 heavy (non-hydrogen) atoms. The molecule has 0 fully saturated rings. The molecule has 0 unspecified atom stereocenters. The van der Waals surface area contributed by atoms with E-state index >= 15 is 0 Å². The first kappa shape index (κ1) is 12.9. The van der Waals surface area contributed by atoms with E-state index in [0.29, 0.717) is 18.3 Å². The summed E-state index contributed by atoms with van der Waals surface area (Å²) < 4.78 is 22.7. The summed E-state index contributed by atoms with van der Waals surface area (Å²) >= 11 is 0. The highest BCUT2D eigenvalue weighted by molar-refractivity contribution is 7.91. The van der Waals surface area contributed by atoms with Crippen LogP contribution in [0.15, 0.2) is 0 Å². The van der Waals surface area contributed by atoms with Crippen LogP contribution in [0.1, 0.15) is 33.6 Å². The largest absolute Gasteiger partial charge is 0.314 e. The zero-order chi connectivity index (χ0) is 10.3. The molecular weight excluding hydrogens is 186 g/mol. The third-order valence-corrected chi connectivity index (χ3v) is 3.51. The van der Waals surface area contributed by atoms with E-state index in [1.807, 2.05) is 20.8 Å². The van der Waals surface area contributed by atoms with Gasteiger partial charge in [0, 0.05) is 12.6 Å². The molecule has 80 valence electrons. The van der Waals surface area contributed by atoms with Gasteiger partial charge >= 0.3 is 0 Å². The van der Waals surface area contributed by atoms with Crippen molar-refractivity contribution in [3.05, 3.63) is 0 Å². The van der Waals surface area contributed by atoms with Gasteiger partial charge in [0.15, 0.2) is 9.84 Å². The second kappa shape index (κ2) is 6.38. The van der Waals surface area contributed by atoms with Crippen LogP contribution >= 0.6 is 0 Å². The summed E-state index contributed by atoms with van der Waals surface area (Å²) in [7, 11) is -2.80. The normalized spacial score (nSPS) is 12.3. The zero-order valence-corrected chi connectivity index (χ0v) is 9.65. The van der Waals surface area contributed by atoms with Crippen molar-refractivity contribution in [2.45, 2.75) is 39.7 Å². The summed E-state index contributed by atoms with van der Waals surface area (Å²) in [5, 5.41) is 3.10. The van der Waals surface area contributed by atoms with Gasteiger partial charge in [-0.1, -0.05) is 27.2 Å². The van der Waals surface area contributed by atoms with Gasteiger partial charge in [0.2, 0.25) is 0 Å². The Hall–Kier alpha value is -0.0900. The summed E-state index contributed by atoms with van der Waals surface area (Å²) in [6.45, 7) is 6.60. The van der Waals surface area contributed by atoms with Crippen LogP contribution in [0.3, 0.4) is 0 Å². The maximum absolute atomic E-state index is 11.3. The van der Waals surface area contributed by atoms with Crippen molar-refractivity contribution in [3.63, 3.8) is 0 Å². The molecule has 0 aliphatic heterocycles. The topological polar surface area (TPSA) is 46.2 Å². The number of hydrogen-bond acceptors (Lipinski definition) is 3. The van der Waals surface area contributed by atoms with Crippen molar-refractivity contribution in [2.24, 2.45) is 0 Å². The van der Waals surface area contributed by atoms with E-state index in [9.17, 15) is 8.42 Å². The number of unbranched alkanes of at least 4 members (excludes halogenated alkanes) is 1. The Kier molecular flexibility index (Phi) is 6.33. The molecule has 0 aliphatic carbocycles. The Morgan fingerprint density at radius 2 is 1.85 bits per heavy atom. The van der Waals surface area contributed by atoms with E-state index in [1.165, 1.54) is 0 Å². The fourth-order valence-corrected chi connectivity index (χ4v) is 2.33. The summed E-state index contributed by atoms with van der Waals surface area (Å²) in [4.78, 5) is 0. The average Bonchev–Trinajstić information content (AvgIpc) is 2.00. The molecule has 0 aromatic rings. The molecule has 0 saturated carbocycles. The van der Waals surface area contributed by atoms with E-state index in [-0.39, 0.29) is 5.75 Å². The fraction of sp³-hybridized carbons (Fsp3) is 1.00. The monoisotopic (exact) mass is 207 g/mol. The molecule has 1 N–H and O–H groups in total. The molecule has 4 heteroatoms. The van der Waals surface area contributed by atoms with E-state index in [4.69, 9.17) is 0 Å². The predicted molar refractivity (Wildman–Crippen MR) is 56.7 cm³/mol. The predicted octanol–water partition coefficient (Wildman–Crippen LogP) is 1.20. The van der Waals surface area contributed by atoms with Crippen LogP contribution in [0.5, 0.6) is 0 Å². The van der Waals surface area contributed by atoms with Crippen molar-refractivity contribution in [3.8, 4) is 0 Å². The Morgan fingerprint density at radius 3 is 2.31 bits per heavy atom. The standard InChI is InChI=1S/C9H21NO2S/c1-4-5-7-13(11,12)8-6-10-9(2)3/h9-10H,4-8H2,1-3H3. The lowest BCUT2D eigenvalue weighted by molar-refractivity contribution is 0.575. The molecular formula is C9H21NO2S. The molecule has 0 rings (SSSR count). The number of sulfone groups is 1. The molecule has 0 bridgehead atoms. The second-order valence-electron chi connectivity index (χ2n) is 3.61. The molecule has 0 aromatic heterocycles. The van der Waals surface area contributed by atoms with Gasteiger partial charge in [-0.15, -0.1) is 0 Å². The van der Waals surface area contributed by atoms with Crippen molar-refractivity contribution in [1.82, 2.24) is 5.32 Å². The van der Waals surface area contributed by atoms with Gasteiger partial charge in [-0.25, -0.2) is 8.42 Å². The maximum atomic E-state index is 11.3. The summed E-state index contributed by atoms with van der Waals surface area (Å²) in [6, 6.07) is 0.362. The summed E-state index contributed by atoms with van der Waals surface area (Å²) in [6.07, 6.45) is 1.72. The first-order chi connectivity index (χ1) is 5.98. The van der Waals surface area contributed by atoms with Crippen molar-refractivity contribution >= 4 is 9.84 Å². The quantitative estimate of drug-likeness (QED) is 0.682. The lowest BCUT2D eigenvalue weighted by Crippen LogP contribution is -2.29. The van der Waals surface area contributed by atoms with Crippen molar-refractivity contribution in [1.29, 1.82) is 0 Å². The van der Waals surface area contributed by atoms with Crippen LogP contribution in [0.2, 0.25) is 0 Å². The van der Waals surface area contributed by atoms with Gasteiger partial charge in [0.25, 0.3) is 0 Å². The maximum Gasteiger partial charge on any atom is 0.151 e. The highest BCUT2D eigenvalue weighted by atomic mass is 32.2. The fourth-order valence-electron chi connectivity index (χ4n) is 0.969. The minimum atomic E-state index is -2.80. The highest BCUT2D eigenvalue weighted by Crippen LogP contribution is 1.96. The molecule has 0 spiro atoms. The van der Waals surface area contributed by atoms with Crippen LogP contribution < -0.4 is 5.32 Å². The molecule has 0 aliphatic rings. The van der Waals surface area contributed by atoms with Crippen LogP contribution in [0.25, 0.3) is 0 Å². The van der Waals surface area contributed by atoms with Gasteiger partial charge in [0.05, 0.1) is 11.5 Å². The second-order valence-corrected chi connectivity index (χ2v) is 5.92. The van der Waals surface area contributed by atoms with Crippen LogP contribution in [0.4, 0.5) is 0 Å². The highest BCUT2D eigenvalue weighted by Gasteiger charge is 2.09. The van der Waals surface area contributed by atoms with Crippen LogP contribution in [0, 0.1) is 0 Å². The van der Waals surface area contributed by atoms with E-state index in [1.54, 1.807) is 0 Å². The van der Waals surface area contributed by atoms with Gasteiger partial charge in [-0.2, -0.15) is 0 Å². The summed E-state index contributed by atoms with van der Waals surface area (Å²) in [5.41, 5.74) is 0. The zero-order valence-electron chi connectivity index (χ0n) is 8.84. The Morgan fingerprint density at radius 1 is 1.23 bits per heavy atom. The Labute approximate surface area is 81.8 Å².